The van der Waals surface area contributed by atoms with Gasteiger partial charge in [0.25, 0.3) is 5.91 Å². The van der Waals surface area contributed by atoms with Crippen molar-refractivity contribution in [2.75, 3.05) is 13.1 Å². The zero-order valence-electron chi connectivity index (χ0n) is 12.2. The number of carbonyl (C=O) groups excluding carboxylic acids is 1. The molecule has 20 heavy (non-hydrogen) atoms. The molecule has 1 saturated heterocycles. The Morgan fingerprint density at radius 3 is 2.50 bits per heavy atom. The molecular formula is C16H22BrNO2. The SMILES string of the molecule is Cc1ccc(OC(C)C(=O)N2CCCCCC2)c(Br)c1. The minimum absolute atomic E-state index is 0.0966. The van der Waals surface area contributed by atoms with Gasteiger partial charge in [0.05, 0.1) is 4.47 Å². The lowest BCUT2D eigenvalue weighted by molar-refractivity contribution is -0.137. The van der Waals surface area contributed by atoms with Crippen molar-refractivity contribution in [3.8, 4) is 5.75 Å². The first-order valence-electron chi connectivity index (χ1n) is 7.29. The van der Waals surface area contributed by atoms with E-state index >= 15 is 0 Å². The van der Waals surface area contributed by atoms with Crippen LogP contribution in [-0.2, 0) is 4.79 Å². The van der Waals surface area contributed by atoms with Crippen molar-refractivity contribution in [2.45, 2.75) is 45.6 Å². The highest BCUT2D eigenvalue weighted by atomic mass is 79.9. The summed E-state index contributed by atoms with van der Waals surface area (Å²) in [6, 6.07) is 5.90. The molecular weight excluding hydrogens is 318 g/mol. The number of ether oxygens (including phenoxy) is 1. The van der Waals surface area contributed by atoms with E-state index in [1.54, 1.807) is 0 Å². The third-order valence-electron chi connectivity index (χ3n) is 3.66. The van der Waals surface area contributed by atoms with Crippen LogP contribution in [0.15, 0.2) is 22.7 Å². The number of likely N-dealkylation sites (tertiary alicyclic amines) is 1. The van der Waals surface area contributed by atoms with Gasteiger partial charge in [0.1, 0.15) is 5.75 Å². The maximum atomic E-state index is 12.4. The lowest BCUT2D eigenvalue weighted by atomic mass is 10.2. The largest absolute Gasteiger partial charge is 0.480 e. The fraction of sp³-hybridized carbons (Fsp3) is 0.562. The summed E-state index contributed by atoms with van der Waals surface area (Å²) in [5.74, 6) is 0.825. The molecule has 1 aromatic carbocycles. The average Bonchev–Trinajstić information content (AvgIpc) is 2.70. The quantitative estimate of drug-likeness (QED) is 0.834. The number of hydrogen-bond acceptors (Lipinski definition) is 2. The summed E-state index contributed by atoms with van der Waals surface area (Å²) in [6.07, 6.45) is 4.22. The van der Waals surface area contributed by atoms with Gasteiger partial charge in [0.2, 0.25) is 0 Å². The van der Waals surface area contributed by atoms with E-state index in [2.05, 4.69) is 15.9 Å². The van der Waals surface area contributed by atoms with Crippen LogP contribution < -0.4 is 4.74 Å². The van der Waals surface area contributed by atoms with Gasteiger partial charge < -0.3 is 9.64 Å². The van der Waals surface area contributed by atoms with Gasteiger partial charge in [0.15, 0.2) is 6.10 Å². The predicted octanol–water partition coefficient (Wildman–Crippen LogP) is 3.93. The Kier molecular flexibility index (Phi) is 5.46. The average molecular weight is 340 g/mol. The summed E-state index contributed by atoms with van der Waals surface area (Å²) >= 11 is 3.48. The molecule has 0 spiro atoms. The summed E-state index contributed by atoms with van der Waals surface area (Å²) in [4.78, 5) is 14.4. The lowest BCUT2D eigenvalue weighted by Gasteiger charge is -2.24. The molecule has 1 aliphatic rings. The van der Waals surface area contributed by atoms with Crippen LogP contribution in [0.4, 0.5) is 0 Å². The van der Waals surface area contributed by atoms with E-state index in [9.17, 15) is 4.79 Å². The number of rotatable bonds is 3. The minimum Gasteiger partial charge on any atom is -0.480 e. The van der Waals surface area contributed by atoms with E-state index < -0.39 is 6.10 Å². The summed E-state index contributed by atoms with van der Waals surface area (Å²) in [7, 11) is 0. The van der Waals surface area contributed by atoms with Crippen LogP contribution in [0, 0.1) is 6.92 Å². The molecule has 0 N–H and O–H groups in total. The molecule has 1 amide bonds. The Balaban J connectivity index is 1.99. The molecule has 0 aromatic heterocycles. The molecule has 0 radical (unpaired) electrons. The lowest BCUT2D eigenvalue weighted by Crippen LogP contribution is -2.41. The highest BCUT2D eigenvalue weighted by molar-refractivity contribution is 9.10. The molecule has 2 rings (SSSR count). The minimum atomic E-state index is -0.438. The maximum Gasteiger partial charge on any atom is 0.263 e. The number of carbonyl (C=O) groups is 1. The summed E-state index contributed by atoms with van der Waals surface area (Å²) in [5.41, 5.74) is 1.16. The van der Waals surface area contributed by atoms with Gasteiger partial charge in [-0.2, -0.15) is 0 Å². The van der Waals surface area contributed by atoms with E-state index in [1.807, 2.05) is 36.9 Å². The Labute approximate surface area is 129 Å². The number of hydrogen-bond donors (Lipinski definition) is 0. The van der Waals surface area contributed by atoms with Gasteiger partial charge in [-0.3, -0.25) is 4.79 Å². The van der Waals surface area contributed by atoms with Crippen LogP contribution in [-0.4, -0.2) is 30.0 Å². The molecule has 1 unspecified atom stereocenters. The first kappa shape index (κ1) is 15.4. The molecule has 1 aromatic rings. The molecule has 1 atom stereocenters. The van der Waals surface area contributed by atoms with Crippen LogP contribution >= 0.6 is 15.9 Å². The van der Waals surface area contributed by atoms with Crippen LogP contribution in [0.5, 0.6) is 5.75 Å². The third-order valence-corrected chi connectivity index (χ3v) is 4.28. The van der Waals surface area contributed by atoms with Crippen molar-refractivity contribution in [2.24, 2.45) is 0 Å². The van der Waals surface area contributed by atoms with Gasteiger partial charge in [-0.05, 0) is 60.3 Å². The Bertz CT molecular complexity index is 468. The molecule has 1 fully saturated rings. The van der Waals surface area contributed by atoms with E-state index in [0.29, 0.717) is 0 Å². The fourth-order valence-electron chi connectivity index (χ4n) is 2.49. The number of benzene rings is 1. The summed E-state index contributed by atoms with van der Waals surface area (Å²) < 4.78 is 6.71. The molecule has 110 valence electrons. The third kappa shape index (κ3) is 3.98. The molecule has 0 saturated carbocycles. The van der Waals surface area contributed by atoms with Gasteiger partial charge in [-0.25, -0.2) is 0 Å². The highest BCUT2D eigenvalue weighted by Crippen LogP contribution is 2.27. The van der Waals surface area contributed by atoms with Gasteiger partial charge in [-0.15, -0.1) is 0 Å². The first-order valence-corrected chi connectivity index (χ1v) is 8.09. The van der Waals surface area contributed by atoms with Crippen LogP contribution in [0.2, 0.25) is 0 Å². The summed E-state index contributed by atoms with van der Waals surface area (Å²) in [6.45, 7) is 5.59. The van der Waals surface area contributed by atoms with Crippen molar-refractivity contribution in [1.29, 1.82) is 0 Å². The molecule has 1 aliphatic heterocycles. The monoisotopic (exact) mass is 339 g/mol. The number of aryl methyl sites for hydroxylation is 1. The zero-order valence-corrected chi connectivity index (χ0v) is 13.8. The highest BCUT2D eigenvalue weighted by Gasteiger charge is 2.23. The van der Waals surface area contributed by atoms with E-state index in [1.165, 1.54) is 12.8 Å². The normalized spacial score (nSPS) is 17.4. The van der Waals surface area contributed by atoms with Crippen LogP contribution in [0.25, 0.3) is 0 Å². The number of halogens is 1. The van der Waals surface area contributed by atoms with Crippen molar-refractivity contribution >= 4 is 21.8 Å². The van der Waals surface area contributed by atoms with Crippen molar-refractivity contribution < 1.29 is 9.53 Å². The molecule has 0 bridgehead atoms. The molecule has 3 nitrogen and oxygen atoms in total. The van der Waals surface area contributed by atoms with Gasteiger partial charge in [0, 0.05) is 13.1 Å². The predicted molar refractivity (Wildman–Crippen MR) is 84.0 cm³/mol. The van der Waals surface area contributed by atoms with Crippen molar-refractivity contribution in [3.05, 3.63) is 28.2 Å². The van der Waals surface area contributed by atoms with Gasteiger partial charge >= 0.3 is 0 Å². The second kappa shape index (κ2) is 7.11. The second-order valence-electron chi connectivity index (χ2n) is 5.43. The Hall–Kier alpha value is -1.03. The summed E-state index contributed by atoms with van der Waals surface area (Å²) in [5, 5.41) is 0. The maximum absolute atomic E-state index is 12.4. The van der Waals surface area contributed by atoms with Crippen molar-refractivity contribution in [1.82, 2.24) is 4.90 Å². The van der Waals surface area contributed by atoms with Gasteiger partial charge in [-0.1, -0.05) is 18.9 Å². The number of amides is 1. The smallest absolute Gasteiger partial charge is 0.263 e. The Morgan fingerprint density at radius 2 is 1.90 bits per heavy atom. The molecule has 0 aliphatic carbocycles. The molecule has 1 heterocycles. The number of nitrogens with zero attached hydrogens (tertiary/aromatic N) is 1. The topological polar surface area (TPSA) is 29.5 Å². The Morgan fingerprint density at radius 1 is 1.25 bits per heavy atom. The first-order chi connectivity index (χ1) is 9.58. The molecule has 4 heteroatoms. The van der Waals surface area contributed by atoms with Crippen molar-refractivity contribution in [3.63, 3.8) is 0 Å². The standard InChI is InChI=1S/C16H22BrNO2/c1-12-7-8-15(14(17)11-12)20-13(2)16(19)18-9-5-3-4-6-10-18/h7-8,11,13H,3-6,9-10H2,1-2H3. The van der Waals surface area contributed by atoms with Crippen LogP contribution in [0.3, 0.4) is 0 Å². The zero-order chi connectivity index (χ0) is 14.5. The van der Waals surface area contributed by atoms with E-state index in [4.69, 9.17) is 4.74 Å². The van der Waals surface area contributed by atoms with E-state index in [-0.39, 0.29) is 5.91 Å². The van der Waals surface area contributed by atoms with E-state index in [0.717, 1.165) is 41.7 Å². The second-order valence-corrected chi connectivity index (χ2v) is 6.29. The fourth-order valence-corrected chi connectivity index (χ4v) is 3.08. The van der Waals surface area contributed by atoms with Crippen LogP contribution in [0.1, 0.15) is 38.2 Å².